The van der Waals surface area contributed by atoms with E-state index >= 15 is 0 Å². The average molecular weight is 357 g/mol. The summed E-state index contributed by atoms with van der Waals surface area (Å²) in [5, 5.41) is 10.5. The first kappa shape index (κ1) is 20.3. The number of phenolic OH excluding ortho intramolecular Hbond substituents is 1. The van der Waals surface area contributed by atoms with E-state index in [1.54, 1.807) is 12.1 Å². The van der Waals surface area contributed by atoms with Gasteiger partial charge in [-0.15, -0.1) is 0 Å². The first-order valence-electron chi connectivity index (χ1n) is 9.78. The van der Waals surface area contributed by atoms with E-state index in [0.717, 1.165) is 43.6 Å². The molecule has 0 bridgehead atoms. The largest absolute Gasteiger partial charge is 0.508 e. The number of ether oxygens (including phenoxy) is 1. The predicted molar refractivity (Wildman–Crippen MR) is 105 cm³/mol. The maximum atomic E-state index is 11.5. The Balaban J connectivity index is 2.31. The zero-order valence-corrected chi connectivity index (χ0v) is 16.3. The molecule has 1 N–H and O–H groups in total. The van der Waals surface area contributed by atoms with Gasteiger partial charge in [0.15, 0.2) is 0 Å². The Kier molecular flexibility index (Phi) is 8.00. The Morgan fingerprint density at radius 3 is 2.50 bits per heavy atom. The van der Waals surface area contributed by atoms with E-state index in [0.29, 0.717) is 23.8 Å². The molecule has 0 atom stereocenters. The van der Waals surface area contributed by atoms with Crippen molar-refractivity contribution >= 4 is 5.97 Å². The minimum absolute atomic E-state index is 0.299. The van der Waals surface area contributed by atoms with Gasteiger partial charge >= 0.3 is 5.97 Å². The Labute approximate surface area is 157 Å². The number of benzene rings is 1. The van der Waals surface area contributed by atoms with E-state index < -0.39 is 0 Å². The summed E-state index contributed by atoms with van der Waals surface area (Å²) in [6, 6.07) is 3.33. The molecule has 26 heavy (non-hydrogen) atoms. The van der Waals surface area contributed by atoms with Crippen LogP contribution in [0, 0.1) is 11.8 Å². The van der Waals surface area contributed by atoms with Gasteiger partial charge in [-0.2, -0.15) is 0 Å². The molecule has 0 radical (unpaired) electrons. The van der Waals surface area contributed by atoms with E-state index in [-0.39, 0.29) is 5.97 Å². The number of nitrogens with zero attached hydrogens (tertiary/aromatic N) is 1. The van der Waals surface area contributed by atoms with Crippen LogP contribution in [0.5, 0.6) is 11.5 Å². The molecule has 4 heteroatoms. The second kappa shape index (κ2) is 10.2. The van der Waals surface area contributed by atoms with Crippen LogP contribution in [0.1, 0.15) is 69.9 Å². The lowest BCUT2D eigenvalue weighted by atomic mass is 9.81. The molecular weight excluding hydrogens is 326 g/mol. The fourth-order valence-corrected chi connectivity index (χ4v) is 3.68. The maximum absolute atomic E-state index is 11.5. The Morgan fingerprint density at radius 2 is 1.88 bits per heavy atom. The van der Waals surface area contributed by atoms with E-state index in [1.807, 2.05) is 0 Å². The lowest BCUT2D eigenvalue weighted by molar-refractivity contribution is -0.131. The first-order valence-corrected chi connectivity index (χ1v) is 9.78. The van der Waals surface area contributed by atoms with Crippen molar-refractivity contribution in [2.24, 2.45) is 0 Å². The van der Waals surface area contributed by atoms with Gasteiger partial charge < -0.3 is 9.84 Å². The van der Waals surface area contributed by atoms with Crippen molar-refractivity contribution < 1.29 is 14.6 Å². The normalized spacial score (nSPS) is 14.8. The zero-order valence-electron chi connectivity index (χ0n) is 16.3. The number of hydrogen-bond donors (Lipinski definition) is 1. The SMILES string of the molecule is CCN(CC)CC#CCc1c(OC(C)=O)ccc(O)c1C1CCCCC1. The summed E-state index contributed by atoms with van der Waals surface area (Å²) in [7, 11) is 0. The number of rotatable bonds is 6. The second-order valence-corrected chi connectivity index (χ2v) is 6.90. The molecule has 1 aromatic rings. The highest BCUT2D eigenvalue weighted by Gasteiger charge is 2.24. The molecule has 0 aliphatic heterocycles. The topological polar surface area (TPSA) is 49.8 Å². The molecule has 0 unspecified atom stereocenters. The lowest BCUT2D eigenvalue weighted by Gasteiger charge is -2.25. The second-order valence-electron chi connectivity index (χ2n) is 6.90. The average Bonchev–Trinajstić information content (AvgIpc) is 2.64. The van der Waals surface area contributed by atoms with Gasteiger partial charge in [-0.25, -0.2) is 0 Å². The van der Waals surface area contributed by atoms with Crippen molar-refractivity contribution in [3.05, 3.63) is 23.3 Å². The molecule has 1 aliphatic carbocycles. The highest BCUT2D eigenvalue weighted by molar-refractivity contribution is 5.70. The van der Waals surface area contributed by atoms with Crippen LogP contribution in [-0.2, 0) is 11.2 Å². The van der Waals surface area contributed by atoms with Crippen LogP contribution in [0.15, 0.2) is 12.1 Å². The van der Waals surface area contributed by atoms with Crippen molar-refractivity contribution in [2.45, 2.75) is 65.2 Å². The van der Waals surface area contributed by atoms with Crippen LogP contribution < -0.4 is 4.74 Å². The summed E-state index contributed by atoms with van der Waals surface area (Å²) in [5.74, 6) is 7.26. The van der Waals surface area contributed by atoms with Crippen LogP contribution in [0.4, 0.5) is 0 Å². The molecule has 1 aromatic carbocycles. The molecule has 4 nitrogen and oxygen atoms in total. The van der Waals surface area contributed by atoms with Gasteiger partial charge in [-0.05, 0) is 44.0 Å². The zero-order chi connectivity index (χ0) is 18.9. The molecule has 0 saturated heterocycles. The van der Waals surface area contributed by atoms with E-state index in [9.17, 15) is 9.90 Å². The van der Waals surface area contributed by atoms with Gasteiger partial charge in [0, 0.05) is 24.5 Å². The molecule has 0 spiro atoms. The van der Waals surface area contributed by atoms with Crippen LogP contribution >= 0.6 is 0 Å². The van der Waals surface area contributed by atoms with Crippen LogP contribution in [0.3, 0.4) is 0 Å². The van der Waals surface area contributed by atoms with Crippen LogP contribution in [-0.4, -0.2) is 35.6 Å². The van der Waals surface area contributed by atoms with Gasteiger partial charge in [0.1, 0.15) is 11.5 Å². The predicted octanol–water partition coefficient (Wildman–Crippen LogP) is 4.25. The van der Waals surface area contributed by atoms with Crippen molar-refractivity contribution in [2.75, 3.05) is 19.6 Å². The summed E-state index contributed by atoms with van der Waals surface area (Å²) < 4.78 is 5.42. The third-order valence-electron chi connectivity index (χ3n) is 5.15. The summed E-state index contributed by atoms with van der Waals surface area (Å²) in [4.78, 5) is 13.8. The molecule has 0 amide bonds. The monoisotopic (exact) mass is 357 g/mol. The van der Waals surface area contributed by atoms with Crippen LogP contribution in [0.2, 0.25) is 0 Å². The molecule has 2 rings (SSSR count). The van der Waals surface area contributed by atoms with Crippen LogP contribution in [0.25, 0.3) is 0 Å². The quantitative estimate of drug-likeness (QED) is 0.470. The highest BCUT2D eigenvalue weighted by atomic mass is 16.5. The standard InChI is InChI=1S/C22H31NO3/c1-4-23(5-2)16-10-9-13-19-21(26-17(3)24)15-14-20(25)22(19)18-11-7-6-8-12-18/h14-15,18,25H,4-8,11-13,16H2,1-3H3. The smallest absolute Gasteiger partial charge is 0.308 e. The molecule has 1 aliphatic rings. The molecule has 142 valence electrons. The minimum atomic E-state index is -0.345. The third-order valence-corrected chi connectivity index (χ3v) is 5.15. The number of esters is 1. The summed E-state index contributed by atoms with van der Waals surface area (Å²) >= 11 is 0. The maximum Gasteiger partial charge on any atom is 0.308 e. The minimum Gasteiger partial charge on any atom is -0.508 e. The molecule has 0 heterocycles. The number of hydrogen-bond acceptors (Lipinski definition) is 4. The number of carbonyl (C=O) groups excluding carboxylic acids is 1. The van der Waals surface area contributed by atoms with E-state index in [4.69, 9.17) is 4.74 Å². The number of phenols is 1. The van der Waals surface area contributed by atoms with Gasteiger partial charge in [0.05, 0.1) is 6.54 Å². The van der Waals surface area contributed by atoms with Gasteiger partial charge in [0.25, 0.3) is 0 Å². The fourth-order valence-electron chi connectivity index (χ4n) is 3.68. The Morgan fingerprint density at radius 1 is 1.19 bits per heavy atom. The van der Waals surface area contributed by atoms with Gasteiger partial charge in [-0.1, -0.05) is 45.0 Å². The first-order chi connectivity index (χ1) is 12.6. The van der Waals surface area contributed by atoms with E-state index in [2.05, 4.69) is 30.6 Å². The van der Waals surface area contributed by atoms with Crippen molar-refractivity contribution in [3.8, 4) is 23.3 Å². The molecular formula is C22H31NO3. The van der Waals surface area contributed by atoms with Crippen molar-refractivity contribution in [3.63, 3.8) is 0 Å². The Bertz CT molecular complexity index is 662. The van der Waals surface area contributed by atoms with Crippen molar-refractivity contribution in [1.82, 2.24) is 4.90 Å². The number of carbonyl (C=O) groups is 1. The lowest BCUT2D eigenvalue weighted by Crippen LogP contribution is -2.22. The van der Waals surface area contributed by atoms with E-state index in [1.165, 1.54) is 26.2 Å². The van der Waals surface area contributed by atoms with Gasteiger partial charge in [0.2, 0.25) is 0 Å². The third kappa shape index (κ3) is 5.51. The van der Waals surface area contributed by atoms with Gasteiger partial charge in [-0.3, -0.25) is 9.69 Å². The van der Waals surface area contributed by atoms with Crippen molar-refractivity contribution in [1.29, 1.82) is 0 Å². The summed E-state index contributed by atoms with van der Waals surface area (Å²) in [5.41, 5.74) is 1.81. The summed E-state index contributed by atoms with van der Waals surface area (Å²) in [6.07, 6.45) is 6.22. The molecule has 0 aromatic heterocycles. The molecule has 1 fully saturated rings. The molecule has 1 saturated carbocycles. The number of aromatic hydroxyl groups is 1. The Hall–Kier alpha value is -1.99. The summed E-state index contributed by atoms with van der Waals surface area (Å²) in [6.45, 7) is 8.34. The fraction of sp³-hybridized carbons (Fsp3) is 0.591. The highest BCUT2D eigenvalue weighted by Crippen LogP contribution is 2.42.